The molecule has 0 radical (unpaired) electrons. The molecule has 0 spiro atoms. The van der Waals surface area contributed by atoms with Gasteiger partial charge in [-0.25, -0.2) is 4.79 Å². The number of fused-ring (bicyclic) bond motifs is 1. The van der Waals surface area contributed by atoms with Crippen LogP contribution in [0, 0.1) is 11.3 Å². The van der Waals surface area contributed by atoms with Gasteiger partial charge in [0.1, 0.15) is 17.1 Å². The normalized spacial score (nSPS) is 10.4. The Morgan fingerprint density at radius 2 is 2.00 bits per heavy atom. The zero-order valence-electron chi connectivity index (χ0n) is 13.1. The van der Waals surface area contributed by atoms with Crippen molar-refractivity contribution in [3.05, 3.63) is 63.9 Å². The minimum absolute atomic E-state index is 0.0767. The molecule has 0 saturated heterocycles. The Kier molecular flexibility index (Phi) is 3.87. The molecule has 1 heterocycles. The molecule has 0 unspecified atom stereocenters. The van der Waals surface area contributed by atoms with Crippen LogP contribution in [0.4, 0.5) is 0 Å². The fourth-order valence-electron chi connectivity index (χ4n) is 2.58. The molecule has 124 valence electrons. The molecule has 0 aliphatic carbocycles. The molecule has 7 heteroatoms. The second-order valence-corrected chi connectivity index (χ2v) is 5.28. The standard InChI is InChI=1S/C18H12N2O5/c1-25-13-5-10(8-19)4-11(6-13)20-9-15(18(23)24)17(22)14-3-2-12(21)7-16(14)20/h2-7,9,21H,1H3,(H,23,24). The minimum Gasteiger partial charge on any atom is -0.508 e. The average Bonchev–Trinajstić information content (AvgIpc) is 2.61. The smallest absolute Gasteiger partial charge is 0.341 e. The quantitative estimate of drug-likeness (QED) is 0.759. The SMILES string of the molecule is COc1cc(C#N)cc(-n2cc(C(=O)O)c(=O)c3ccc(O)cc32)c1. The number of methoxy groups -OCH3 is 1. The molecule has 0 aliphatic rings. The van der Waals surface area contributed by atoms with Crippen molar-refractivity contribution >= 4 is 16.9 Å². The number of rotatable bonds is 3. The number of ether oxygens (including phenoxy) is 1. The van der Waals surface area contributed by atoms with Crippen molar-refractivity contribution in [3.63, 3.8) is 0 Å². The van der Waals surface area contributed by atoms with Crippen LogP contribution in [0.25, 0.3) is 16.6 Å². The van der Waals surface area contributed by atoms with Crippen molar-refractivity contribution in [2.24, 2.45) is 0 Å². The van der Waals surface area contributed by atoms with Gasteiger partial charge in [0.25, 0.3) is 0 Å². The van der Waals surface area contributed by atoms with Crippen LogP contribution < -0.4 is 10.2 Å². The van der Waals surface area contributed by atoms with Crippen molar-refractivity contribution in [1.82, 2.24) is 4.57 Å². The molecule has 2 N–H and O–H groups in total. The zero-order valence-corrected chi connectivity index (χ0v) is 13.1. The van der Waals surface area contributed by atoms with Gasteiger partial charge in [-0.2, -0.15) is 5.26 Å². The molecule has 1 aromatic heterocycles. The first-order valence-corrected chi connectivity index (χ1v) is 7.16. The largest absolute Gasteiger partial charge is 0.508 e. The van der Waals surface area contributed by atoms with E-state index in [2.05, 4.69) is 0 Å². The highest BCUT2D eigenvalue weighted by atomic mass is 16.5. The molecule has 0 bridgehead atoms. The maximum atomic E-state index is 12.4. The summed E-state index contributed by atoms with van der Waals surface area (Å²) in [5.74, 6) is -1.04. The van der Waals surface area contributed by atoms with Gasteiger partial charge in [-0.15, -0.1) is 0 Å². The Morgan fingerprint density at radius 3 is 2.64 bits per heavy atom. The molecule has 0 atom stereocenters. The molecule has 25 heavy (non-hydrogen) atoms. The molecule has 0 aliphatic heterocycles. The Morgan fingerprint density at radius 1 is 1.24 bits per heavy atom. The summed E-state index contributed by atoms with van der Waals surface area (Å²) in [5, 5.41) is 28.4. The third-order valence-corrected chi connectivity index (χ3v) is 3.75. The number of hydrogen-bond acceptors (Lipinski definition) is 5. The van der Waals surface area contributed by atoms with Crippen LogP contribution in [0.2, 0.25) is 0 Å². The number of pyridine rings is 1. The number of aromatic hydroxyl groups is 1. The zero-order chi connectivity index (χ0) is 18.1. The topological polar surface area (TPSA) is 113 Å². The minimum atomic E-state index is -1.36. The van der Waals surface area contributed by atoms with Gasteiger partial charge in [-0.3, -0.25) is 4.79 Å². The first kappa shape index (κ1) is 16.1. The summed E-state index contributed by atoms with van der Waals surface area (Å²) < 4.78 is 6.60. The number of phenols is 1. The Labute approximate surface area is 141 Å². The maximum absolute atomic E-state index is 12.4. The maximum Gasteiger partial charge on any atom is 0.341 e. The number of phenolic OH excluding ortho intramolecular Hbond substituents is 1. The molecule has 0 fully saturated rings. The monoisotopic (exact) mass is 336 g/mol. The van der Waals surface area contributed by atoms with Crippen LogP contribution in [-0.2, 0) is 0 Å². The lowest BCUT2D eigenvalue weighted by molar-refractivity contribution is 0.0695. The van der Waals surface area contributed by atoms with E-state index in [-0.39, 0.29) is 11.1 Å². The van der Waals surface area contributed by atoms with Crippen LogP contribution >= 0.6 is 0 Å². The molecule has 3 rings (SSSR count). The summed E-state index contributed by atoms with van der Waals surface area (Å²) in [6.07, 6.45) is 1.17. The first-order valence-electron chi connectivity index (χ1n) is 7.16. The molecular weight excluding hydrogens is 324 g/mol. The van der Waals surface area contributed by atoms with E-state index >= 15 is 0 Å². The number of carboxylic acids is 1. The predicted molar refractivity (Wildman–Crippen MR) is 89.4 cm³/mol. The highest BCUT2D eigenvalue weighted by molar-refractivity contribution is 5.93. The highest BCUT2D eigenvalue weighted by Gasteiger charge is 2.16. The van der Waals surface area contributed by atoms with E-state index < -0.39 is 17.0 Å². The summed E-state index contributed by atoms with van der Waals surface area (Å²) in [7, 11) is 1.44. The fourth-order valence-corrected chi connectivity index (χ4v) is 2.58. The van der Waals surface area contributed by atoms with E-state index in [1.165, 1.54) is 48.2 Å². The van der Waals surface area contributed by atoms with Crippen molar-refractivity contribution in [3.8, 4) is 23.3 Å². The Balaban J connectivity index is 2.45. The van der Waals surface area contributed by atoms with E-state index in [0.717, 1.165) is 0 Å². The summed E-state index contributed by atoms with van der Waals surface area (Å²) in [5.41, 5.74) is -0.0268. The molecule has 0 saturated carbocycles. The van der Waals surface area contributed by atoms with Gasteiger partial charge in [0.15, 0.2) is 0 Å². The van der Waals surface area contributed by atoms with Gasteiger partial charge in [0.2, 0.25) is 5.43 Å². The highest BCUT2D eigenvalue weighted by Crippen LogP contribution is 2.25. The van der Waals surface area contributed by atoms with Crippen molar-refractivity contribution in [1.29, 1.82) is 5.26 Å². The van der Waals surface area contributed by atoms with Gasteiger partial charge in [0.05, 0.1) is 29.9 Å². The lowest BCUT2D eigenvalue weighted by atomic mass is 10.1. The van der Waals surface area contributed by atoms with Crippen molar-refractivity contribution in [2.45, 2.75) is 0 Å². The molecule has 2 aromatic carbocycles. The predicted octanol–water partition coefficient (Wildman–Crippen LogP) is 2.27. The molecule has 7 nitrogen and oxygen atoms in total. The van der Waals surface area contributed by atoms with Crippen LogP contribution in [0.3, 0.4) is 0 Å². The third kappa shape index (κ3) is 2.77. The summed E-state index contributed by atoms with van der Waals surface area (Å²) >= 11 is 0. The van der Waals surface area contributed by atoms with E-state index in [1.54, 1.807) is 6.07 Å². The van der Waals surface area contributed by atoms with Crippen LogP contribution in [0.15, 0.2) is 47.4 Å². The van der Waals surface area contributed by atoms with Gasteiger partial charge in [-0.05, 0) is 24.3 Å². The third-order valence-electron chi connectivity index (χ3n) is 3.75. The van der Waals surface area contributed by atoms with E-state index in [9.17, 15) is 25.1 Å². The van der Waals surface area contributed by atoms with Gasteiger partial charge >= 0.3 is 5.97 Å². The van der Waals surface area contributed by atoms with Gasteiger partial charge in [0, 0.05) is 23.7 Å². The number of hydrogen-bond donors (Lipinski definition) is 2. The van der Waals surface area contributed by atoms with Crippen LogP contribution in [0.1, 0.15) is 15.9 Å². The van der Waals surface area contributed by atoms with Crippen LogP contribution in [0.5, 0.6) is 11.5 Å². The Hall–Kier alpha value is -3.79. The van der Waals surface area contributed by atoms with Crippen molar-refractivity contribution in [2.75, 3.05) is 7.11 Å². The van der Waals surface area contributed by atoms with Crippen LogP contribution in [-0.4, -0.2) is 27.9 Å². The number of aromatic nitrogens is 1. The second kappa shape index (κ2) is 6.02. The van der Waals surface area contributed by atoms with Crippen molar-refractivity contribution < 1.29 is 19.7 Å². The molecule has 3 aromatic rings. The van der Waals surface area contributed by atoms with E-state index in [0.29, 0.717) is 22.5 Å². The van der Waals surface area contributed by atoms with E-state index in [1.807, 2.05) is 6.07 Å². The number of benzene rings is 2. The van der Waals surface area contributed by atoms with Gasteiger partial charge in [-0.1, -0.05) is 0 Å². The summed E-state index contributed by atoms with van der Waals surface area (Å²) in [6.45, 7) is 0. The lowest BCUT2D eigenvalue weighted by Crippen LogP contribution is -2.18. The number of carbonyl (C=O) groups is 1. The van der Waals surface area contributed by atoms with E-state index in [4.69, 9.17) is 4.74 Å². The fraction of sp³-hybridized carbons (Fsp3) is 0.0556. The summed E-state index contributed by atoms with van der Waals surface area (Å²) in [4.78, 5) is 23.8. The number of nitrogens with zero attached hydrogens (tertiary/aromatic N) is 2. The second-order valence-electron chi connectivity index (χ2n) is 5.28. The Bertz CT molecular complexity index is 1110. The first-order chi connectivity index (χ1) is 11.9. The molecular formula is C18H12N2O5. The van der Waals surface area contributed by atoms with Gasteiger partial charge < -0.3 is 19.5 Å². The average molecular weight is 336 g/mol. The number of carboxylic acid groups (broad SMARTS) is 1. The number of aromatic carboxylic acids is 1. The number of nitriles is 1. The molecule has 0 amide bonds. The lowest BCUT2D eigenvalue weighted by Gasteiger charge is -2.14. The summed E-state index contributed by atoms with van der Waals surface area (Å²) in [6, 6.07) is 10.7.